The van der Waals surface area contributed by atoms with E-state index in [1.807, 2.05) is 0 Å². The van der Waals surface area contributed by atoms with E-state index in [1.165, 1.54) is 4.68 Å². The quantitative estimate of drug-likeness (QED) is 0.896. The summed E-state index contributed by atoms with van der Waals surface area (Å²) in [7, 11) is 0. The largest absolute Gasteiger partial charge is 0.356 e. The summed E-state index contributed by atoms with van der Waals surface area (Å²) >= 11 is 0. The highest BCUT2D eigenvalue weighted by Gasteiger charge is 2.28. The predicted molar refractivity (Wildman–Crippen MR) is 81.4 cm³/mol. The van der Waals surface area contributed by atoms with Gasteiger partial charge in [-0.3, -0.25) is 4.79 Å². The lowest BCUT2D eigenvalue weighted by Crippen LogP contribution is -2.37. The Hall–Kier alpha value is -1.71. The first kappa shape index (κ1) is 15.2. The monoisotopic (exact) mass is 302 g/mol. The van der Waals surface area contributed by atoms with Gasteiger partial charge in [0.2, 0.25) is 0 Å². The van der Waals surface area contributed by atoms with Crippen LogP contribution >= 0.6 is 0 Å². The Morgan fingerprint density at radius 2 is 2.32 bits per heavy atom. The molecule has 3 rings (SSSR count). The molecule has 2 aliphatic heterocycles. The van der Waals surface area contributed by atoms with Crippen molar-refractivity contribution in [2.75, 3.05) is 19.7 Å². The summed E-state index contributed by atoms with van der Waals surface area (Å²) in [5, 5.41) is 17.2. The van der Waals surface area contributed by atoms with Crippen LogP contribution in [0.4, 0.5) is 0 Å². The number of nitrogens with zero attached hydrogens (tertiary/aromatic N) is 3. The fourth-order valence-corrected chi connectivity index (χ4v) is 3.47. The van der Waals surface area contributed by atoms with E-state index in [0.29, 0.717) is 12.5 Å². The van der Waals surface area contributed by atoms with Gasteiger partial charge >= 0.3 is 0 Å². The van der Waals surface area contributed by atoms with Crippen molar-refractivity contribution in [1.82, 2.24) is 15.1 Å². The number of hydrogen-bond donors (Lipinski definition) is 1. The molecule has 118 valence electrons. The van der Waals surface area contributed by atoms with Crippen LogP contribution in [-0.4, -0.2) is 29.5 Å². The van der Waals surface area contributed by atoms with E-state index in [9.17, 15) is 10.1 Å². The van der Waals surface area contributed by atoms with Crippen LogP contribution in [0, 0.1) is 17.2 Å². The maximum Gasteiger partial charge on any atom is 0.287 e. The van der Waals surface area contributed by atoms with Gasteiger partial charge in [0, 0.05) is 6.61 Å². The third-order valence-corrected chi connectivity index (χ3v) is 4.76. The van der Waals surface area contributed by atoms with Gasteiger partial charge in [0.25, 0.3) is 5.56 Å². The number of ether oxygens (including phenoxy) is 1. The molecule has 0 radical (unpaired) electrons. The highest BCUT2D eigenvalue weighted by Crippen LogP contribution is 2.31. The number of piperidine rings is 1. The second kappa shape index (κ2) is 6.59. The Balaban J connectivity index is 1.97. The number of nitriles is 1. The third-order valence-electron chi connectivity index (χ3n) is 4.76. The first-order valence-electron chi connectivity index (χ1n) is 8.06. The molecule has 0 saturated carbocycles. The van der Waals surface area contributed by atoms with E-state index >= 15 is 0 Å². The summed E-state index contributed by atoms with van der Waals surface area (Å²) in [6.07, 6.45) is 5.13. The van der Waals surface area contributed by atoms with Gasteiger partial charge in [-0.1, -0.05) is 6.92 Å². The molecule has 22 heavy (non-hydrogen) atoms. The van der Waals surface area contributed by atoms with Crippen LogP contribution in [0.15, 0.2) is 11.0 Å². The minimum Gasteiger partial charge on any atom is -0.356 e. The molecule has 2 aliphatic rings. The van der Waals surface area contributed by atoms with Crippen LogP contribution in [0.25, 0.3) is 0 Å². The molecule has 0 aromatic carbocycles. The van der Waals surface area contributed by atoms with Crippen molar-refractivity contribution in [1.29, 1.82) is 5.26 Å². The average Bonchev–Trinajstić information content (AvgIpc) is 2.56. The zero-order chi connectivity index (χ0) is 15.5. The van der Waals surface area contributed by atoms with Crippen LogP contribution in [0.1, 0.15) is 55.9 Å². The Morgan fingerprint density at radius 3 is 3.00 bits per heavy atom. The van der Waals surface area contributed by atoms with Crippen molar-refractivity contribution in [2.24, 2.45) is 5.92 Å². The molecular weight excluding hydrogens is 280 g/mol. The second-order valence-corrected chi connectivity index (χ2v) is 6.23. The summed E-state index contributed by atoms with van der Waals surface area (Å²) in [6, 6.07) is 2.11. The molecule has 6 heteroatoms. The minimum absolute atomic E-state index is 0.220. The standard InChI is InChI=1S/C16H22N4O2/c1-11-9-18-6-5-12(11)14-10-19-20(16(21)13(14)8-17)15-4-2-3-7-22-15/h10-12,15,18H,2-7,9H2,1H3/t11-,12?,15?/m1/s1. The zero-order valence-electron chi connectivity index (χ0n) is 12.9. The van der Waals surface area contributed by atoms with Gasteiger partial charge in [-0.2, -0.15) is 15.0 Å². The molecular formula is C16H22N4O2. The molecule has 0 spiro atoms. The van der Waals surface area contributed by atoms with Gasteiger partial charge in [0.15, 0.2) is 6.23 Å². The van der Waals surface area contributed by atoms with Gasteiger partial charge in [0.1, 0.15) is 11.6 Å². The molecule has 0 bridgehead atoms. The van der Waals surface area contributed by atoms with Gasteiger partial charge in [-0.25, -0.2) is 0 Å². The summed E-state index contributed by atoms with van der Waals surface area (Å²) in [5.74, 6) is 0.613. The van der Waals surface area contributed by atoms with E-state index in [0.717, 1.165) is 44.3 Å². The molecule has 1 aromatic rings. The van der Waals surface area contributed by atoms with E-state index in [1.54, 1.807) is 6.20 Å². The summed E-state index contributed by atoms with van der Waals surface area (Å²) in [5.41, 5.74) is 0.731. The lowest BCUT2D eigenvalue weighted by molar-refractivity contribution is -0.0426. The van der Waals surface area contributed by atoms with E-state index in [2.05, 4.69) is 23.4 Å². The molecule has 0 aliphatic carbocycles. The van der Waals surface area contributed by atoms with Crippen LogP contribution in [0.2, 0.25) is 0 Å². The lowest BCUT2D eigenvalue weighted by atomic mass is 9.81. The Labute approximate surface area is 130 Å². The van der Waals surface area contributed by atoms with Gasteiger partial charge < -0.3 is 10.1 Å². The highest BCUT2D eigenvalue weighted by molar-refractivity contribution is 5.36. The summed E-state index contributed by atoms with van der Waals surface area (Å²) < 4.78 is 6.99. The molecule has 2 saturated heterocycles. The molecule has 2 unspecified atom stereocenters. The van der Waals surface area contributed by atoms with Crippen molar-refractivity contribution in [3.8, 4) is 6.07 Å². The number of hydrogen-bond acceptors (Lipinski definition) is 5. The molecule has 6 nitrogen and oxygen atoms in total. The van der Waals surface area contributed by atoms with E-state index in [-0.39, 0.29) is 23.3 Å². The molecule has 3 heterocycles. The number of nitrogens with one attached hydrogen (secondary N) is 1. The predicted octanol–water partition coefficient (Wildman–Crippen LogP) is 1.53. The normalized spacial score (nSPS) is 29.0. The SMILES string of the molecule is C[C@@H]1CNCCC1c1cnn(C2CCCCO2)c(=O)c1C#N. The topological polar surface area (TPSA) is 79.9 Å². The molecule has 1 N–H and O–H groups in total. The van der Waals surface area contributed by atoms with Crippen LogP contribution in [0.3, 0.4) is 0 Å². The van der Waals surface area contributed by atoms with Crippen molar-refractivity contribution in [2.45, 2.75) is 44.8 Å². The lowest BCUT2D eigenvalue weighted by Gasteiger charge is -2.30. The fourth-order valence-electron chi connectivity index (χ4n) is 3.47. The van der Waals surface area contributed by atoms with Gasteiger partial charge in [-0.15, -0.1) is 0 Å². The van der Waals surface area contributed by atoms with Crippen molar-refractivity contribution in [3.05, 3.63) is 27.7 Å². The molecule has 0 amide bonds. The van der Waals surface area contributed by atoms with E-state index < -0.39 is 0 Å². The summed E-state index contributed by atoms with van der Waals surface area (Å²) in [4.78, 5) is 12.7. The molecule has 1 aromatic heterocycles. The van der Waals surface area contributed by atoms with E-state index in [4.69, 9.17) is 4.74 Å². The summed E-state index contributed by atoms with van der Waals surface area (Å²) in [6.45, 7) is 4.61. The third kappa shape index (κ3) is 2.79. The van der Waals surface area contributed by atoms with Crippen molar-refractivity contribution < 1.29 is 4.74 Å². The number of aromatic nitrogens is 2. The van der Waals surface area contributed by atoms with Crippen LogP contribution in [0.5, 0.6) is 0 Å². The molecule has 3 atom stereocenters. The van der Waals surface area contributed by atoms with Crippen molar-refractivity contribution in [3.63, 3.8) is 0 Å². The maximum atomic E-state index is 12.7. The Bertz CT molecular complexity index is 628. The smallest absolute Gasteiger partial charge is 0.287 e. The van der Waals surface area contributed by atoms with Crippen molar-refractivity contribution >= 4 is 0 Å². The first-order valence-corrected chi connectivity index (χ1v) is 8.06. The Morgan fingerprint density at radius 1 is 1.45 bits per heavy atom. The molecule has 2 fully saturated rings. The van der Waals surface area contributed by atoms with Gasteiger partial charge in [-0.05, 0) is 56.2 Å². The maximum absolute atomic E-state index is 12.7. The van der Waals surface area contributed by atoms with Gasteiger partial charge in [0.05, 0.1) is 6.20 Å². The Kier molecular flexibility index (Phi) is 4.55. The van der Waals surface area contributed by atoms with Crippen LogP contribution < -0.4 is 10.9 Å². The first-order chi connectivity index (χ1) is 10.7. The van der Waals surface area contributed by atoms with Crippen LogP contribution in [-0.2, 0) is 4.74 Å². The second-order valence-electron chi connectivity index (χ2n) is 6.23. The fraction of sp³-hybridized carbons (Fsp3) is 0.688. The average molecular weight is 302 g/mol. The highest BCUT2D eigenvalue weighted by atomic mass is 16.5. The number of rotatable bonds is 2. The minimum atomic E-state index is -0.326. The zero-order valence-corrected chi connectivity index (χ0v) is 12.9.